The van der Waals surface area contributed by atoms with Crippen molar-refractivity contribution in [1.29, 1.82) is 0 Å². The number of anilines is 2. The number of alkyl halides is 3. The first-order valence-electron chi connectivity index (χ1n) is 15.1. The van der Waals surface area contributed by atoms with Gasteiger partial charge in [0, 0.05) is 28.7 Å². The van der Waals surface area contributed by atoms with Gasteiger partial charge in [0.2, 0.25) is 0 Å². The van der Waals surface area contributed by atoms with Crippen LogP contribution < -0.4 is 20.7 Å². The van der Waals surface area contributed by atoms with E-state index in [1.54, 1.807) is 36.4 Å². The van der Waals surface area contributed by atoms with Gasteiger partial charge in [0.15, 0.2) is 0 Å². The Balaban J connectivity index is 1.29. The number of piperidine rings is 2. The predicted molar refractivity (Wildman–Crippen MR) is 168 cm³/mol. The summed E-state index contributed by atoms with van der Waals surface area (Å²) in [7, 11) is 5.69. The number of hydrogen-bond acceptors (Lipinski definition) is 6. The third-order valence-corrected chi connectivity index (χ3v) is 8.46. The Hall–Kier alpha value is -3.88. The van der Waals surface area contributed by atoms with Crippen LogP contribution in [0.1, 0.15) is 41.7 Å². The molecule has 2 aliphatic rings. The average Bonchev–Trinajstić information content (AvgIpc) is 3.34. The average molecular weight is 611 g/mol. The van der Waals surface area contributed by atoms with Crippen molar-refractivity contribution in [2.24, 2.45) is 0 Å². The number of likely N-dealkylation sites (tertiary alicyclic amines) is 2. The number of halogens is 3. The topological polar surface area (TPSA) is 73.8 Å². The molecule has 0 aliphatic carbocycles. The number of hydrogen-bond donors (Lipinski definition) is 3. The Morgan fingerprint density at radius 3 is 2.30 bits per heavy atom. The first kappa shape index (κ1) is 31.5. The van der Waals surface area contributed by atoms with E-state index in [-0.39, 0.29) is 24.5 Å². The molecule has 0 unspecified atom stereocenters. The standard InChI is InChI=1S/C33H41F3N6O2/c1-40-16-11-24(12-17-40)38-28-7-4-8-30-27(28)21-26(42(30)22-33(34,35)36)6-5-15-37-29-10-9-23(20-31(29)44-3)32(43)39-25-13-18-41(2)19-14-25/h4,7-10,20-21,24-25,37-38H,11-19,22H2,1-3H3,(H,39,43). The van der Waals surface area contributed by atoms with Crippen LogP contribution in [-0.4, -0.2) is 92.5 Å². The fraction of sp³-hybridized carbons (Fsp3) is 0.485. The molecule has 2 fully saturated rings. The first-order chi connectivity index (χ1) is 21.1. The van der Waals surface area contributed by atoms with Crippen molar-refractivity contribution in [1.82, 2.24) is 19.7 Å². The highest BCUT2D eigenvalue weighted by Crippen LogP contribution is 2.31. The molecule has 5 rings (SSSR count). The third kappa shape index (κ3) is 7.98. The molecular formula is C33H41F3N6O2. The Labute approximate surface area is 256 Å². The van der Waals surface area contributed by atoms with Crippen LogP contribution in [0.2, 0.25) is 0 Å². The minimum atomic E-state index is -4.40. The molecule has 1 aromatic heterocycles. The number of nitrogens with one attached hydrogen (secondary N) is 3. The number of methoxy groups -OCH3 is 1. The summed E-state index contributed by atoms with van der Waals surface area (Å²) in [5, 5.41) is 10.6. The second-order valence-corrected chi connectivity index (χ2v) is 11.8. The molecule has 236 valence electrons. The van der Waals surface area contributed by atoms with Crippen LogP contribution in [0.3, 0.4) is 0 Å². The monoisotopic (exact) mass is 610 g/mol. The molecule has 0 bridgehead atoms. The van der Waals surface area contributed by atoms with Gasteiger partial charge in [0.25, 0.3) is 5.91 Å². The van der Waals surface area contributed by atoms with Crippen LogP contribution in [0.4, 0.5) is 24.5 Å². The Kier molecular flexibility index (Phi) is 9.91. The summed E-state index contributed by atoms with van der Waals surface area (Å²) in [6.07, 6.45) is -0.623. The van der Waals surface area contributed by atoms with Crippen molar-refractivity contribution in [2.45, 2.75) is 50.5 Å². The van der Waals surface area contributed by atoms with E-state index in [1.807, 2.05) is 6.07 Å². The highest BCUT2D eigenvalue weighted by molar-refractivity contribution is 5.96. The molecular weight excluding hydrogens is 569 g/mol. The van der Waals surface area contributed by atoms with E-state index in [0.717, 1.165) is 62.9 Å². The van der Waals surface area contributed by atoms with Gasteiger partial charge < -0.3 is 35.1 Å². The number of benzene rings is 2. The fourth-order valence-corrected chi connectivity index (χ4v) is 5.91. The van der Waals surface area contributed by atoms with Crippen LogP contribution in [-0.2, 0) is 6.54 Å². The summed E-state index contributed by atoms with van der Waals surface area (Å²) in [4.78, 5) is 17.4. The maximum absolute atomic E-state index is 13.6. The number of ether oxygens (including phenoxy) is 1. The molecule has 11 heteroatoms. The van der Waals surface area contributed by atoms with Crippen molar-refractivity contribution in [3.05, 3.63) is 53.7 Å². The molecule has 44 heavy (non-hydrogen) atoms. The Morgan fingerprint density at radius 2 is 1.64 bits per heavy atom. The number of rotatable bonds is 8. The molecule has 3 aromatic rings. The quantitative estimate of drug-likeness (QED) is 0.312. The highest BCUT2D eigenvalue weighted by Gasteiger charge is 2.30. The van der Waals surface area contributed by atoms with Crippen LogP contribution in [0.15, 0.2) is 42.5 Å². The molecule has 0 spiro atoms. The van der Waals surface area contributed by atoms with E-state index >= 15 is 0 Å². The second kappa shape index (κ2) is 13.8. The minimum absolute atomic E-state index is 0.145. The number of aromatic nitrogens is 1. The van der Waals surface area contributed by atoms with Gasteiger partial charge in [-0.1, -0.05) is 12.0 Å². The number of carbonyl (C=O) groups excluding carboxylic acids is 1. The van der Waals surface area contributed by atoms with Crippen LogP contribution in [0.25, 0.3) is 10.9 Å². The van der Waals surface area contributed by atoms with E-state index in [1.165, 1.54) is 11.7 Å². The van der Waals surface area contributed by atoms with Crippen LogP contribution in [0.5, 0.6) is 5.75 Å². The molecule has 3 heterocycles. The lowest BCUT2D eigenvalue weighted by Gasteiger charge is -2.30. The van der Waals surface area contributed by atoms with Crippen molar-refractivity contribution >= 4 is 28.2 Å². The first-order valence-corrected chi connectivity index (χ1v) is 15.1. The summed E-state index contributed by atoms with van der Waals surface area (Å²) in [5.41, 5.74) is 2.75. The zero-order valence-corrected chi connectivity index (χ0v) is 25.6. The normalized spacial score (nSPS) is 17.2. The Bertz CT molecular complexity index is 1510. The van der Waals surface area contributed by atoms with E-state index in [4.69, 9.17) is 4.74 Å². The number of nitrogens with zero attached hydrogens (tertiary/aromatic N) is 3. The molecule has 2 saturated heterocycles. The third-order valence-electron chi connectivity index (χ3n) is 8.46. The minimum Gasteiger partial charge on any atom is -0.495 e. The van der Waals surface area contributed by atoms with Gasteiger partial charge in [-0.3, -0.25) is 4.79 Å². The van der Waals surface area contributed by atoms with E-state index in [0.29, 0.717) is 28.2 Å². The van der Waals surface area contributed by atoms with Crippen molar-refractivity contribution in [2.75, 3.05) is 64.6 Å². The fourth-order valence-electron chi connectivity index (χ4n) is 5.91. The molecule has 2 aliphatic heterocycles. The summed E-state index contributed by atoms with van der Waals surface area (Å²) in [6.45, 7) is 2.90. The van der Waals surface area contributed by atoms with Gasteiger partial charge in [-0.2, -0.15) is 13.2 Å². The Morgan fingerprint density at radius 1 is 0.955 bits per heavy atom. The zero-order valence-electron chi connectivity index (χ0n) is 25.6. The van der Waals surface area contributed by atoms with Gasteiger partial charge in [-0.05, 0) is 108 Å². The van der Waals surface area contributed by atoms with E-state index in [2.05, 4.69) is 51.7 Å². The highest BCUT2D eigenvalue weighted by atomic mass is 19.4. The maximum Gasteiger partial charge on any atom is 0.406 e. The van der Waals surface area contributed by atoms with Gasteiger partial charge in [0.1, 0.15) is 12.3 Å². The zero-order chi connectivity index (χ0) is 31.3. The molecule has 0 atom stereocenters. The molecule has 1 amide bonds. The summed E-state index contributed by atoms with van der Waals surface area (Å²) < 4.78 is 47.6. The largest absolute Gasteiger partial charge is 0.495 e. The molecule has 3 N–H and O–H groups in total. The summed E-state index contributed by atoms with van der Waals surface area (Å²) in [5.74, 6) is 6.27. The van der Waals surface area contributed by atoms with Crippen LogP contribution >= 0.6 is 0 Å². The predicted octanol–water partition coefficient (Wildman–Crippen LogP) is 5.01. The van der Waals surface area contributed by atoms with Gasteiger partial charge in [-0.25, -0.2) is 0 Å². The number of amides is 1. The number of fused-ring (bicyclic) bond motifs is 1. The van der Waals surface area contributed by atoms with Crippen molar-refractivity contribution in [3.63, 3.8) is 0 Å². The second-order valence-electron chi connectivity index (χ2n) is 11.8. The van der Waals surface area contributed by atoms with Crippen molar-refractivity contribution < 1.29 is 22.7 Å². The molecule has 2 aromatic carbocycles. The van der Waals surface area contributed by atoms with Crippen molar-refractivity contribution in [3.8, 4) is 17.6 Å². The number of carbonyl (C=O) groups is 1. The lowest BCUT2D eigenvalue weighted by Crippen LogP contribution is -2.43. The van der Waals surface area contributed by atoms with Gasteiger partial charge in [-0.15, -0.1) is 0 Å². The molecule has 8 nitrogen and oxygen atoms in total. The lowest BCUT2D eigenvalue weighted by molar-refractivity contribution is -0.140. The van der Waals surface area contributed by atoms with E-state index in [9.17, 15) is 18.0 Å². The SMILES string of the molecule is COc1cc(C(=O)NC2CCN(C)CC2)ccc1NCC#Cc1cc2c(NC3CCN(C)CC3)cccc2n1CC(F)(F)F. The summed E-state index contributed by atoms with van der Waals surface area (Å²) in [6, 6.07) is 12.7. The van der Waals surface area contributed by atoms with Gasteiger partial charge in [0.05, 0.1) is 30.6 Å². The lowest BCUT2D eigenvalue weighted by atomic mass is 10.0. The molecule has 0 radical (unpaired) electrons. The van der Waals surface area contributed by atoms with E-state index < -0.39 is 12.7 Å². The smallest absolute Gasteiger partial charge is 0.406 e. The van der Waals surface area contributed by atoms with Gasteiger partial charge >= 0.3 is 6.18 Å². The maximum atomic E-state index is 13.6. The summed E-state index contributed by atoms with van der Waals surface area (Å²) >= 11 is 0. The van der Waals surface area contributed by atoms with Crippen LogP contribution in [0, 0.1) is 11.8 Å². The molecule has 0 saturated carbocycles.